The van der Waals surface area contributed by atoms with E-state index in [4.69, 9.17) is 10.2 Å². The van der Waals surface area contributed by atoms with E-state index in [0.717, 1.165) is 11.3 Å². The van der Waals surface area contributed by atoms with Gasteiger partial charge in [-0.15, -0.1) is 0 Å². The Kier molecular flexibility index (Phi) is 8.30. The SMILES string of the molecule is CCC(C)N(C)CCNC(=O)N(CC(=O)O)CC(=O)O. The van der Waals surface area contributed by atoms with Gasteiger partial charge < -0.3 is 25.3 Å². The molecule has 2 amide bonds. The van der Waals surface area contributed by atoms with Crippen molar-refractivity contribution in [3.63, 3.8) is 0 Å². The van der Waals surface area contributed by atoms with E-state index >= 15 is 0 Å². The third-order valence-corrected chi connectivity index (χ3v) is 3.02. The highest BCUT2D eigenvalue weighted by molar-refractivity contribution is 5.84. The number of carbonyl (C=O) groups excluding carboxylic acids is 1. The summed E-state index contributed by atoms with van der Waals surface area (Å²) in [6.45, 7) is 3.77. The number of carboxylic acids is 2. The number of rotatable bonds is 9. The van der Waals surface area contributed by atoms with Crippen molar-refractivity contribution < 1.29 is 24.6 Å². The number of carboxylic acid groups (broad SMARTS) is 2. The lowest BCUT2D eigenvalue weighted by atomic mass is 10.2. The molecule has 0 saturated carbocycles. The largest absolute Gasteiger partial charge is 0.480 e. The monoisotopic (exact) mass is 289 g/mol. The van der Waals surface area contributed by atoms with Crippen LogP contribution in [0.2, 0.25) is 0 Å². The van der Waals surface area contributed by atoms with Gasteiger partial charge in [-0.2, -0.15) is 0 Å². The second-order valence-electron chi connectivity index (χ2n) is 4.61. The summed E-state index contributed by atoms with van der Waals surface area (Å²) in [6, 6.07) is -0.312. The van der Waals surface area contributed by atoms with Gasteiger partial charge in [-0.05, 0) is 20.4 Å². The third kappa shape index (κ3) is 7.57. The number of urea groups is 1. The number of hydrogen-bond acceptors (Lipinski definition) is 4. The first-order chi connectivity index (χ1) is 9.27. The molecule has 0 aliphatic rings. The number of aliphatic carboxylic acids is 2. The summed E-state index contributed by atoms with van der Waals surface area (Å²) in [4.78, 5) is 35.7. The number of nitrogens with zero attached hydrogens (tertiary/aromatic N) is 2. The number of amides is 2. The van der Waals surface area contributed by atoms with Crippen molar-refractivity contribution in [3.05, 3.63) is 0 Å². The lowest BCUT2D eigenvalue weighted by Crippen LogP contribution is -2.47. The summed E-state index contributed by atoms with van der Waals surface area (Å²) in [7, 11) is 1.92. The maximum atomic E-state index is 11.7. The first kappa shape index (κ1) is 18.2. The van der Waals surface area contributed by atoms with Gasteiger partial charge in [0.05, 0.1) is 0 Å². The second-order valence-corrected chi connectivity index (χ2v) is 4.61. The van der Waals surface area contributed by atoms with Crippen LogP contribution in [-0.2, 0) is 9.59 Å². The molecule has 0 spiro atoms. The Bertz CT molecular complexity index is 332. The lowest BCUT2D eigenvalue weighted by molar-refractivity contribution is -0.140. The number of likely N-dealkylation sites (N-methyl/N-ethyl adjacent to an activating group) is 1. The fourth-order valence-electron chi connectivity index (χ4n) is 1.51. The molecule has 8 heteroatoms. The Balaban J connectivity index is 4.25. The van der Waals surface area contributed by atoms with E-state index in [1.54, 1.807) is 0 Å². The van der Waals surface area contributed by atoms with Gasteiger partial charge in [0, 0.05) is 19.1 Å². The third-order valence-electron chi connectivity index (χ3n) is 3.02. The minimum Gasteiger partial charge on any atom is -0.480 e. The van der Waals surface area contributed by atoms with Gasteiger partial charge in [0.1, 0.15) is 13.1 Å². The van der Waals surface area contributed by atoms with Crippen LogP contribution in [0.25, 0.3) is 0 Å². The highest BCUT2D eigenvalue weighted by Crippen LogP contribution is 1.98. The molecule has 20 heavy (non-hydrogen) atoms. The van der Waals surface area contributed by atoms with Gasteiger partial charge in [0.15, 0.2) is 0 Å². The molecule has 0 aromatic carbocycles. The van der Waals surface area contributed by atoms with E-state index in [1.165, 1.54) is 0 Å². The molecule has 1 atom stereocenters. The van der Waals surface area contributed by atoms with Crippen LogP contribution in [0.3, 0.4) is 0 Å². The average Bonchev–Trinajstić information content (AvgIpc) is 2.35. The zero-order chi connectivity index (χ0) is 15.7. The highest BCUT2D eigenvalue weighted by atomic mass is 16.4. The maximum Gasteiger partial charge on any atom is 0.323 e. The summed E-state index contributed by atoms with van der Waals surface area (Å²) < 4.78 is 0. The Morgan fingerprint density at radius 3 is 2.05 bits per heavy atom. The summed E-state index contributed by atoms with van der Waals surface area (Å²) in [5.74, 6) is -2.50. The average molecular weight is 289 g/mol. The topological polar surface area (TPSA) is 110 Å². The van der Waals surface area contributed by atoms with E-state index in [-0.39, 0.29) is 0 Å². The zero-order valence-electron chi connectivity index (χ0n) is 12.1. The van der Waals surface area contributed by atoms with Crippen LogP contribution in [0.5, 0.6) is 0 Å². The summed E-state index contributed by atoms with van der Waals surface area (Å²) >= 11 is 0. The number of nitrogens with one attached hydrogen (secondary N) is 1. The van der Waals surface area contributed by atoms with Crippen molar-refractivity contribution in [2.24, 2.45) is 0 Å². The first-order valence-electron chi connectivity index (χ1n) is 6.44. The maximum absolute atomic E-state index is 11.7. The Labute approximate surface area is 118 Å². The van der Waals surface area contributed by atoms with Crippen molar-refractivity contribution in [2.75, 3.05) is 33.2 Å². The van der Waals surface area contributed by atoms with Gasteiger partial charge in [0.2, 0.25) is 0 Å². The molecule has 0 aliphatic heterocycles. The predicted molar refractivity (Wildman–Crippen MR) is 72.6 cm³/mol. The molecule has 8 nitrogen and oxygen atoms in total. The molecule has 0 radical (unpaired) electrons. The quantitative estimate of drug-likeness (QED) is 0.546. The fourth-order valence-corrected chi connectivity index (χ4v) is 1.51. The molecule has 0 heterocycles. The molecule has 1 unspecified atom stereocenters. The van der Waals surface area contributed by atoms with Crippen LogP contribution < -0.4 is 5.32 Å². The van der Waals surface area contributed by atoms with Gasteiger partial charge in [-0.3, -0.25) is 9.59 Å². The van der Waals surface area contributed by atoms with Crippen LogP contribution in [0.15, 0.2) is 0 Å². The Morgan fingerprint density at radius 2 is 1.65 bits per heavy atom. The standard InChI is InChI=1S/C12H23N3O5/c1-4-9(2)14(3)6-5-13-12(20)15(7-10(16)17)8-11(18)19/h9H,4-8H2,1-3H3,(H,13,20)(H,16,17)(H,18,19). The molecule has 0 aromatic rings. The van der Waals surface area contributed by atoms with Gasteiger partial charge in [0.25, 0.3) is 0 Å². The molecule has 116 valence electrons. The molecular formula is C12H23N3O5. The molecule has 0 aliphatic carbocycles. The summed E-state index contributed by atoms with van der Waals surface area (Å²) in [5, 5.41) is 19.8. The van der Waals surface area contributed by atoms with E-state index in [9.17, 15) is 14.4 Å². The normalized spacial score (nSPS) is 12.0. The summed E-state index contributed by atoms with van der Waals surface area (Å²) in [6.07, 6.45) is 0.981. The van der Waals surface area contributed by atoms with Crippen molar-refractivity contribution >= 4 is 18.0 Å². The van der Waals surface area contributed by atoms with E-state index < -0.39 is 31.1 Å². The zero-order valence-corrected chi connectivity index (χ0v) is 12.1. The summed E-state index contributed by atoms with van der Waals surface area (Å²) in [5.41, 5.74) is 0. The van der Waals surface area contributed by atoms with E-state index in [0.29, 0.717) is 19.1 Å². The highest BCUT2D eigenvalue weighted by Gasteiger charge is 2.19. The van der Waals surface area contributed by atoms with E-state index in [1.807, 2.05) is 7.05 Å². The first-order valence-corrected chi connectivity index (χ1v) is 6.44. The van der Waals surface area contributed by atoms with Crippen molar-refractivity contribution in [3.8, 4) is 0 Å². The van der Waals surface area contributed by atoms with Crippen molar-refractivity contribution in [1.29, 1.82) is 0 Å². The smallest absolute Gasteiger partial charge is 0.323 e. The van der Waals surface area contributed by atoms with Crippen LogP contribution >= 0.6 is 0 Å². The molecule has 0 saturated heterocycles. The van der Waals surface area contributed by atoms with Gasteiger partial charge in [-0.1, -0.05) is 6.92 Å². The number of carbonyl (C=O) groups is 3. The molecule has 3 N–H and O–H groups in total. The van der Waals surface area contributed by atoms with Crippen LogP contribution in [0.4, 0.5) is 4.79 Å². The molecular weight excluding hydrogens is 266 g/mol. The second kappa shape index (κ2) is 9.13. The Morgan fingerprint density at radius 1 is 1.15 bits per heavy atom. The minimum absolute atomic E-state index is 0.329. The van der Waals surface area contributed by atoms with Crippen LogP contribution in [0, 0.1) is 0 Å². The predicted octanol–water partition coefficient (Wildman–Crippen LogP) is -0.102. The van der Waals surface area contributed by atoms with E-state index in [2.05, 4.69) is 24.1 Å². The fraction of sp³-hybridized carbons (Fsp3) is 0.750. The Hall–Kier alpha value is -1.83. The molecule has 0 rings (SSSR count). The molecule has 0 aromatic heterocycles. The minimum atomic E-state index is -1.25. The van der Waals surface area contributed by atoms with Gasteiger partial charge >= 0.3 is 18.0 Å². The van der Waals surface area contributed by atoms with Crippen LogP contribution in [-0.4, -0.2) is 77.3 Å². The molecule has 0 bridgehead atoms. The number of hydrogen-bond donors (Lipinski definition) is 3. The molecule has 0 fully saturated rings. The van der Waals surface area contributed by atoms with Crippen molar-refractivity contribution in [2.45, 2.75) is 26.3 Å². The van der Waals surface area contributed by atoms with Gasteiger partial charge in [-0.25, -0.2) is 4.79 Å². The van der Waals surface area contributed by atoms with Crippen LogP contribution in [0.1, 0.15) is 20.3 Å². The van der Waals surface area contributed by atoms with Crippen molar-refractivity contribution in [1.82, 2.24) is 15.1 Å². The lowest BCUT2D eigenvalue weighted by Gasteiger charge is -2.24.